The number of hydrogen-bond acceptors (Lipinski definition) is 3. The number of aliphatic hydroxyl groups excluding tert-OH is 1. The van der Waals surface area contributed by atoms with Crippen LogP contribution in [0.1, 0.15) is 66.2 Å². The third-order valence-corrected chi connectivity index (χ3v) is 4.32. The molecule has 0 amide bonds. The summed E-state index contributed by atoms with van der Waals surface area (Å²) < 4.78 is 0. The topological polar surface area (TPSA) is 58.3 Å². The summed E-state index contributed by atoms with van der Waals surface area (Å²) in [6.45, 7) is 11.5. The first-order valence-electron chi connectivity index (χ1n) is 7.80. The zero-order chi connectivity index (χ0) is 14.6. The summed E-state index contributed by atoms with van der Waals surface area (Å²) in [5, 5.41) is 12.6. The van der Waals surface area contributed by atoms with Crippen molar-refractivity contribution in [3.8, 4) is 0 Å². The minimum absolute atomic E-state index is 0.102. The zero-order valence-electron chi connectivity index (χ0n) is 13.4. The molecule has 0 aromatic rings. The summed E-state index contributed by atoms with van der Waals surface area (Å²) in [4.78, 5) is 0. The van der Waals surface area contributed by atoms with Gasteiger partial charge in [-0.05, 0) is 55.9 Å². The van der Waals surface area contributed by atoms with Gasteiger partial charge >= 0.3 is 0 Å². The van der Waals surface area contributed by atoms with Gasteiger partial charge in [0.15, 0.2) is 0 Å². The molecule has 19 heavy (non-hydrogen) atoms. The van der Waals surface area contributed by atoms with E-state index in [-0.39, 0.29) is 5.54 Å². The van der Waals surface area contributed by atoms with Crippen LogP contribution < -0.4 is 11.1 Å². The summed E-state index contributed by atoms with van der Waals surface area (Å²) in [7, 11) is 0. The molecule has 1 aliphatic rings. The highest BCUT2D eigenvalue weighted by atomic mass is 16.2. The molecule has 4 N–H and O–H groups in total. The molecule has 1 saturated carbocycles. The summed E-state index contributed by atoms with van der Waals surface area (Å²) in [6.07, 6.45) is 6.74. The van der Waals surface area contributed by atoms with Gasteiger partial charge in [0.2, 0.25) is 0 Å². The van der Waals surface area contributed by atoms with Crippen LogP contribution in [-0.2, 0) is 0 Å². The minimum atomic E-state index is 0.102. The lowest BCUT2D eigenvalue weighted by Crippen LogP contribution is -2.59. The molecule has 0 spiro atoms. The average Bonchev–Trinajstić information content (AvgIpc) is 2.24. The molecule has 1 aliphatic carbocycles. The average molecular weight is 270 g/mol. The Bertz CT molecular complexity index is 258. The Morgan fingerprint density at radius 1 is 0.947 bits per heavy atom. The van der Waals surface area contributed by atoms with Crippen molar-refractivity contribution in [2.75, 3.05) is 19.7 Å². The van der Waals surface area contributed by atoms with Gasteiger partial charge in [0.05, 0.1) is 0 Å². The number of aliphatic hydroxyl groups is 1. The van der Waals surface area contributed by atoms with Crippen molar-refractivity contribution in [1.29, 1.82) is 0 Å². The first-order chi connectivity index (χ1) is 8.74. The van der Waals surface area contributed by atoms with E-state index in [1.165, 1.54) is 19.3 Å². The summed E-state index contributed by atoms with van der Waals surface area (Å²) in [6, 6.07) is 0. The Morgan fingerprint density at radius 3 is 2.00 bits per heavy atom. The van der Waals surface area contributed by atoms with Crippen molar-refractivity contribution in [2.24, 2.45) is 16.6 Å². The maximum atomic E-state index is 8.81. The fourth-order valence-corrected chi connectivity index (χ4v) is 4.42. The number of unbranched alkanes of at least 4 members (excludes halogenated alkanes) is 2. The first-order valence-corrected chi connectivity index (χ1v) is 7.80. The summed E-state index contributed by atoms with van der Waals surface area (Å²) >= 11 is 0. The zero-order valence-corrected chi connectivity index (χ0v) is 13.4. The SMILES string of the molecule is CC1(C)CC(C)(C)CC(CN)(NCCCCCO)C1. The number of hydrogen-bond donors (Lipinski definition) is 3. The number of nitrogens with one attached hydrogen (secondary N) is 1. The quantitative estimate of drug-likeness (QED) is 0.623. The van der Waals surface area contributed by atoms with Gasteiger partial charge < -0.3 is 16.2 Å². The van der Waals surface area contributed by atoms with Gasteiger partial charge in [-0.2, -0.15) is 0 Å². The molecule has 0 aromatic carbocycles. The minimum Gasteiger partial charge on any atom is -0.396 e. The van der Waals surface area contributed by atoms with Crippen LogP contribution in [0.5, 0.6) is 0 Å². The van der Waals surface area contributed by atoms with Crippen LogP contribution >= 0.6 is 0 Å². The largest absolute Gasteiger partial charge is 0.396 e. The highest BCUT2D eigenvalue weighted by molar-refractivity contribution is 5.03. The van der Waals surface area contributed by atoms with Crippen LogP contribution in [0, 0.1) is 10.8 Å². The van der Waals surface area contributed by atoms with Crippen molar-refractivity contribution in [3.05, 3.63) is 0 Å². The lowest BCUT2D eigenvalue weighted by Gasteiger charge is -2.52. The second-order valence-corrected chi connectivity index (χ2v) is 8.05. The Labute approximate surface area is 119 Å². The van der Waals surface area contributed by atoms with E-state index in [9.17, 15) is 0 Å². The fourth-order valence-electron chi connectivity index (χ4n) is 4.42. The van der Waals surface area contributed by atoms with Crippen LogP contribution in [-0.4, -0.2) is 30.3 Å². The highest BCUT2D eigenvalue weighted by Gasteiger charge is 2.46. The molecule has 114 valence electrons. The molecule has 1 fully saturated rings. The van der Waals surface area contributed by atoms with Gasteiger partial charge in [-0.15, -0.1) is 0 Å². The number of nitrogens with two attached hydrogens (primary N) is 1. The van der Waals surface area contributed by atoms with Crippen molar-refractivity contribution < 1.29 is 5.11 Å². The van der Waals surface area contributed by atoms with E-state index in [4.69, 9.17) is 10.8 Å². The molecule has 0 bridgehead atoms. The van der Waals surface area contributed by atoms with Gasteiger partial charge in [0, 0.05) is 18.7 Å². The van der Waals surface area contributed by atoms with E-state index in [0.717, 1.165) is 32.4 Å². The van der Waals surface area contributed by atoms with Crippen LogP contribution in [0.15, 0.2) is 0 Å². The smallest absolute Gasteiger partial charge is 0.0431 e. The molecule has 0 atom stereocenters. The maximum absolute atomic E-state index is 8.81. The lowest BCUT2D eigenvalue weighted by molar-refractivity contribution is 0.0324. The van der Waals surface area contributed by atoms with Gasteiger partial charge in [0.1, 0.15) is 0 Å². The maximum Gasteiger partial charge on any atom is 0.0431 e. The molecule has 0 radical (unpaired) electrons. The Morgan fingerprint density at radius 2 is 1.53 bits per heavy atom. The van der Waals surface area contributed by atoms with E-state index < -0.39 is 0 Å². The van der Waals surface area contributed by atoms with E-state index in [0.29, 0.717) is 17.4 Å². The monoisotopic (exact) mass is 270 g/mol. The molecule has 1 rings (SSSR count). The Balaban J connectivity index is 2.58. The van der Waals surface area contributed by atoms with Gasteiger partial charge in [-0.3, -0.25) is 0 Å². The third-order valence-electron chi connectivity index (χ3n) is 4.32. The molecular weight excluding hydrogens is 236 g/mol. The first kappa shape index (κ1) is 16.9. The van der Waals surface area contributed by atoms with Crippen molar-refractivity contribution in [1.82, 2.24) is 5.32 Å². The molecule has 3 nitrogen and oxygen atoms in total. The third kappa shape index (κ3) is 5.41. The van der Waals surface area contributed by atoms with Crippen molar-refractivity contribution in [3.63, 3.8) is 0 Å². The predicted molar refractivity (Wildman–Crippen MR) is 82.1 cm³/mol. The summed E-state index contributed by atoms with van der Waals surface area (Å²) in [5.41, 5.74) is 6.94. The lowest BCUT2D eigenvalue weighted by atomic mass is 9.58. The Hall–Kier alpha value is -0.120. The van der Waals surface area contributed by atoms with Gasteiger partial charge in [-0.25, -0.2) is 0 Å². The molecule has 0 aromatic heterocycles. The van der Waals surface area contributed by atoms with Gasteiger partial charge in [0.25, 0.3) is 0 Å². The van der Waals surface area contributed by atoms with Crippen LogP contribution in [0.2, 0.25) is 0 Å². The molecular formula is C16H34N2O. The molecule has 0 heterocycles. The number of rotatable bonds is 7. The second kappa shape index (κ2) is 6.55. The summed E-state index contributed by atoms with van der Waals surface area (Å²) in [5.74, 6) is 0. The second-order valence-electron chi connectivity index (χ2n) is 8.05. The molecule has 0 saturated heterocycles. The van der Waals surface area contributed by atoms with Crippen LogP contribution in [0.3, 0.4) is 0 Å². The van der Waals surface area contributed by atoms with Crippen molar-refractivity contribution >= 4 is 0 Å². The van der Waals surface area contributed by atoms with Gasteiger partial charge in [-0.1, -0.05) is 27.7 Å². The molecule has 3 heteroatoms. The van der Waals surface area contributed by atoms with Crippen LogP contribution in [0.25, 0.3) is 0 Å². The van der Waals surface area contributed by atoms with Crippen molar-refractivity contribution in [2.45, 2.75) is 71.8 Å². The normalized spacial score (nSPS) is 24.3. The molecule has 0 aliphatic heterocycles. The van der Waals surface area contributed by atoms with E-state index >= 15 is 0 Å². The fraction of sp³-hybridized carbons (Fsp3) is 1.00. The highest BCUT2D eigenvalue weighted by Crippen LogP contribution is 2.49. The van der Waals surface area contributed by atoms with E-state index in [1.54, 1.807) is 0 Å². The standard InChI is InChI=1S/C16H34N2O/c1-14(2)10-15(3,4)12-16(11-14,13-17)18-8-6-5-7-9-19/h18-19H,5-13,17H2,1-4H3. The Kier molecular flexibility index (Phi) is 5.84. The van der Waals surface area contributed by atoms with E-state index in [2.05, 4.69) is 33.0 Å². The predicted octanol–water partition coefficient (Wildman–Crippen LogP) is 2.67. The van der Waals surface area contributed by atoms with E-state index in [1.807, 2.05) is 0 Å². The molecule has 0 unspecified atom stereocenters. The van der Waals surface area contributed by atoms with Crippen LogP contribution in [0.4, 0.5) is 0 Å².